The van der Waals surface area contributed by atoms with Crippen molar-refractivity contribution in [1.82, 2.24) is 15.8 Å². The van der Waals surface area contributed by atoms with Gasteiger partial charge in [-0.2, -0.15) is 0 Å². The number of hydrogen-bond acceptors (Lipinski definition) is 3. The van der Waals surface area contributed by atoms with Crippen LogP contribution >= 0.6 is 0 Å². The van der Waals surface area contributed by atoms with Gasteiger partial charge in [0.1, 0.15) is 5.82 Å². The number of piperidine rings is 1. The second-order valence-corrected chi connectivity index (χ2v) is 7.57. The summed E-state index contributed by atoms with van der Waals surface area (Å²) in [6.45, 7) is 3.26. The van der Waals surface area contributed by atoms with Gasteiger partial charge in [-0.05, 0) is 67.2 Å². The van der Waals surface area contributed by atoms with Gasteiger partial charge in [-0.15, -0.1) is 0 Å². The molecule has 0 saturated carbocycles. The molecule has 144 valence electrons. The van der Waals surface area contributed by atoms with Crippen LogP contribution in [0.1, 0.15) is 29.9 Å². The third-order valence-electron chi connectivity index (χ3n) is 5.83. The predicted molar refractivity (Wildman–Crippen MR) is 98.4 cm³/mol. The highest BCUT2D eigenvalue weighted by Crippen LogP contribution is 2.33. The molecule has 0 radical (unpaired) electrons. The highest BCUT2D eigenvalue weighted by molar-refractivity contribution is 5.24. The fourth-order valence-corrected chi connectivity index (χ4v) is 4.39. The van der Waals surface area contributed by atoms with Crippen LogP contribution in [-0.4, -0.2) is 30.6 Å². The van der Waals surface area contributed by atoms with Crippen molar-refractivity contribution in [2.24, 2.45) is 5.92 Å². The lowest BCUT2D eigenvalue weighted by molar-refractivity contribution is 0.151. The van der Waals surface area contributed by atoms with Crippen molar-refractivity contribution >= 4 is 0 Å². The molecule has 0 amide bonds. The maximum absolute atomic E-state index is 13.6. The van der Waals surface area contributed by atoms with Crippen molar-refractivity contribution in [3.63, 3.8) is 0 Å². The summed E-state index contributed by atoms with van der Waals surface area (Å²) in [7, 11) is 0. The largest absolute Gasteiger partial charge is 0.299 e. The minimum Gasteiger partial charge on any atom is -0.299 e. The number of benzene rings is 2. The molecule has 2 heterocycles. The third-order valence-corrected chi connectivity index (χ3v) is 5.83. The Bertz CT molecular complexity index is 790. The van der Waals surface area contributed by atoms with E-state index in [1.165, 1.54) is 18.2 Å². The summed E-state index contributed by atoms with van der Waals surface area (Å²) in [5.41, 5.74) is 8.45. The molecule has 0 aromatic heterocycles. The average Bonchev–Trinajstić information content (AvgIpc) is 3.15. The average molecular weight is 375 g/mol. The van der Waals surface area contributed by atoms with Crippen LogP contribution in [0.5, 0.6) is 0 Å². The van der Waals surface area contributed by atoms with Gasteiger partial charge < -0.3 is 0 Å². The monoisotopic (exact) mass is 375 g/mol. The van der Waals surface area contributed by atoms with E-state index < -0.39 is 11.6 Å². The van der Waals surface area contributed by atoms with Crippen molar-refractivity contribution in [3.8, 4) is 0 Å². The highest BCUT2D eigenvalue weighted by Gasteiger charge is 2.36. The second kappa shape index (κ2) is 8.00. The first-order chi connectivity index (χ1) is 13.1. The molecule has 2 fully saturated rings. The number of likely N-dealkylation sites (tertiary alicyclic amines) is 1. The molecule has 2 aliphatic heterocycles. The summed E-state index contributed by atoms with van der Waals surface area (Å²) in [5, 5.41) is 0. The molecule has 0 spiro atoms. The number of halogens is 3. The standard InChI is InChI=1S/C21H24F3N3/c22-17-3-1-2-16(11-17)18-12-25-26-21(18)15-6-8-27(9-7-15)13-14-4-5-19(23)20(24)10-14/h1-5,10-11,15,18,21,25-26H,6-9,12-13H2. The van der Waals surface area contributed by atoms with Gasteiger partial charge in [-0.3, -0.25) is 15.8 Å². The lowest BCUT2D eigenvalue weighted by Gasteiger charge is -2.36. The molecule has 2 aliphatic rings. The number of rotatable bonds is 4. The first kappa shape index (κ1) is 18.5. The quantitative estimate of drug-likeness (QED) is 0.856. The predicted octanol–water partition coefficient (Wildman–Crippen LogP) is 3.58. The van der Waals surface area contributed by atoms with E-state index in [4.69, 9.17) is 0 Å². The topological polar surface area (TPSA) is 27.3 Å². The van der Waals surface area contributed by atoms with E-state index in [0.717, 1.165) is 43.6 Å². The Morgan fingerprint density at radius 1 is 0.963 bits per heavy atom. The van der Waals surface area contributed by atoms with Crippen LogP contribution in [0.15, 0.2) is 42.5 Å². The Morgan fingerprint density at radius 2 is 1.78 bits per heavy atom. The van der Waals surface area contributed by atoms with Gasteiger partial charge in [-0.1, -0.05) is 18.2 Å². The van der Waals surface area contributed by atoms with Crippen LogP contribution in [0.4, 0.5) is 13.2 Å². The molecule has 0 bridgehead atoms. The van der Waals surface area contributed by atoms with E-state index in [1.54, 1.807) is 18.2 Å². The zero-order valence-electron chi connectivity index (χ0n) is 15.1. The van der Waals surface area contributed by atoms with Crippen molar-refractivity contribution in [2.45, 2.75) is 31.3 Å². The zero-order chi connectivity index (χ0) is 18.8. The fourth-order valence-electron chi connectivity index (χ4n) is 4.39. The third kappa shape index (κ3) is 4.18. The molecule has 27 heavy (non-hydrogen) atoms. The molecular formula is C21H24F3N3. The van der Waals surface area contributed by atoms with Crippen molar-refractivity contribution < 1.29 is 13.2 Å². The van der Waals surface area contributed by atoms with Crippen LogP contribution in [0.2, 0.25) is 0 Å². The Morgan fingerprint density at radius 3 is 2.52 bits per heavy atom. The molecule has 2 aromatic carbocycles. The van der Waals surface area contributed by atoms with Crippen LogP contribution in [0, 0.1) is 23.4 Å². The lowest BCUT2D eigenvalue weighted by atomic mass is 9.80. The summed E-state index contributed by atoms with van der Waals surface area (Å²) in [6.07, 6.45) is 2.05. The van der Waals surface area contributed by atoms with E-state index in [2.05, 4.69) is 15.8 Å². The van der Waals surface area contributed by atoms with E-state index >= 15 is 0 Å². The van der Waals surface area contributed by atoms with Crippen LogP contribution in [0.3, 0.4) is 0 Å². The molecule has 3 nitrogen and oxygen atoms in total. The normalized spacial score (nSPS) is 24.4. The van der Waals surface area contributed by atoms with Crippen LogP contribution in [0.25, 0.3) is 0 Å². The Kier molecular flexibility index (Phi) is 5.48. The van der Waals surface area contributed by atoms with Gasteiger partial charge in [0.2, 0.25) is 0 Å². The van der Waals surface area contributed by atoms with Crippen LogP contribution in [-0.2, 0) is 6.54 Å². The maximum atomic E-state index is 13.6. The van der Waals surface area contributed by atoms with Gasteiger partial charge in [0.25, 0.3) is 0 Å². The molecule has 2 saturated heterocycles. The minimum absolute atomic E-state index is 0.195. The molecule has 4 rings (SSSR count). The number of hydrogen-bond donors (Lipinski definition) is 2. The Balaban J connectivity index is 1.36. The molecule has 2 atom stereocenters. The van der Waals surface area contributed by atoms with Crippen molar-refractivity contribution in [3.05, 3.63) is 71.0 Å². The summed E-state index contributed by atoms with van der Waals surface area (Å²) in [5.74, 6) is -1.04. The summed E-state index contributed by atoms with van der Waals surface area (Å²) < 4.78 is 40.1. The second-order valence-electron chi connectivity index (χ2n) is 7.57. The van der Waals surface area contributed by atoms with Gasteiger partial charge in [0.15, 0.2) is 11.6 Å². The number of nitrogens with one attached hydrogen (secondary N) is 2. The Hall–Kier alpha value is -1.89. The minimum atomic E-state index is -0.805. The van der Waals surface area contributed by atoms with Gasteiger partial charge in [0, 0.05) is 25.0 Å². The number of nitrogens with zero attached hydrogens (tertiary/aromatic N) is 1. The molecule has 6 heteroatoms. The number of hydrazine groups is 1. The molecule has 2 N–H and O–H groups in total. The smallest absolute Gasteiger partial charge is 0.159 e. The highest BCUT2D eigenvalue weighted by atomic mass is 19.2. The zero-order valence-corrected chi connectivity index (χ0v) is 15.1. The van der Waals surface area contributed by atoms with E-state index in [9.17, 15) is 13.2 Å². The first-order valence-electron chi connectivity index (χ1n) is 9.50. The molecular weight excluding hydrogens is 351 g/mol. The van der Waals surface area contributed by atoms with E-state index in [0.29, 0.717) is 12.5 Å². The SMILES string of the molecule is Fc1cccc(C2CNNC2C2CCN(Cc3ccc(F)c(F)c3)CC2)c1. The van der Waals surface area contributed by atoms with Gasteiger partial charge in [-0.25, -0.2) is 13.2 Å². The summed E-state index contributed by atoms with van der Waals surface area (Å²) in [6, 6.07) is 11.3. The molecule has 2 aromatic rings. The fraction of sp³-hybridized carbons (Fsp3) is 0.429. The van der Waals surface area contributed by atoms with Crippen molar-refractivity contribution in [2.75, 3.05) is 19.6 Å². The summed E-state index contributed by atoms with van der Waals surface area (Å²) >= 11 is 0. The lowest BCUT2D eigenvalue weighted by Crippen LogP contribution is -2.44. The maximum Gasteiger partial charge on any atom is 0.159 e. The Labute approximate surface area is 157 Å². The van der Waals surface area contributed by atoms with Crippen molar-refractivity contribution in [1.29, 1.82) is 0 Å². The molecule has 2 unspecified atom stereocenters. The van der Waals surface area contributed by atoms with E-state index in [-0.39, 0.29) is 17.8 Å². The molecule has 0 aliphatic carbocycles. The van der Waals surface area contributed by atoms with Crippen LogP contribution < -0.4 is 10.9 Å². The summed E-state index contributed by atoms with van der Waals surface area (Å²) in [4.78, 5) is 2.28. The van der Waals surface area contributed by atoms with Gasteiger partial charge in [0.05, 0.1) is 0 Å². The first-order valence-corrected chi connectivity index (χ1v) is 9.50. The van der Waals surface area contributed by atoms with Gasteiger partial charge >= 0.3 is 0 Å². The van der Waals surface area contributed by atoms with E-state index in [1.807, 2.05) is 6.07 Å².